The minimum atomic E-state index is -0.293. The van der Waals surface area contributed by atoms with E-state index in [0.717, 1.165) is 44.7 Å². The predicted molar refractivity (Wildman–Crippen MR) is 153 cm³/mol. The van der Waals surface area contributed by atoms with E-state index in [4.69, 9.17) is 22.1 Å². The van der Waals surface area contributed by atoms with Gasteiger partial charge >= 0.3 is 0 Å². The summed E-state index contributed by atoms with van der Waals surface area (Å²) >= 11 is 0. The average molecular weight is 564 g/mol. The monoisotopic (exact) mass is 563 g/mol. The van der Waals surface area contributed by atoms with Crippen LogP contribution in [0.3, 0.4) is 0 Å². The fourth-order valence-electron chi connectivity index (χ4n) is 4.09. The maximum atomic E-state index is 12.8. The molecule has 2 N–H and O–H groups in total. The van der Waals surface area contributed by atoms with Crippen molar-refractivity contribution >= 4 is 41.0 Å². The van der Waals surface area contributed by atoms with Gasteiger partial charge < -0.3 is 32.1 Å². The number of nitrogens with zero attached hydrogens (tertiary/aromatic N) is 1. The maximum absolute atomic E-state index is 12.8. The third-order valence-corrected chi connectivity index (χ3v) is 6.28. The summed E-state index contributed by atoms with van der Waals surface area (Å²) in [5, 5.41) is 1.99. The van der Waals surface area contributed by atoms with Crippen molar-refractivity contribution in [1.82, 2.24) is 9.97 Å². The summed E-state index contributed by atoms with van der Waals surface area (Å²) in [4.78, 5) is 35.5. The number of H-pyrrole nitrogens is 2. The standard InChI is InChI=1S/C32H25N3O7/c36-24-15-27-25(28(37)16-24)14-23-20-33-19-22(23)13-21-3-1-2-4-26(21)34-6-8-40-29-17-31(29)42-32-18-30(32)41-12-11-39-10-9-38-7-5-35-27/h1-15,19-20,34-35H,16-18H2. The van der Waals surface area contributed by atoms with Crippen molar-refractivity contribution in [2.75, 3.05) is 0 Å². The van der Waals surface area contributed by atoms with Crippen LogP contribution in [0.15, 0.2) is 113 Å². The lowest BCUT2D eigenvalue weighted by molar-refractivity contribution is -0.112. The Bertz CT molecular complexity index is 2030. The van der Waals surface area contributed by atoms with Crippen LogP contribution in [0.4, 0.5) is 0 Å². The number of carbonyl (C=O) groups excluding carboxylic acids is 2. The number of aromatic nitrogens is 2. The van der Waals surface area contributed by atoms with Crippen LogP contribution in [0.2, 0.25) is 0 Å². The highest BCUT2D eigenvalue weighted by atomic mass is 16.4. The molecule has 1 aromatic carbocycles. The molecule has 4 aliphatic rings. The van der Waals surface area contributed by atoms with Crippen LogP contribution in [-0.4, -0.2) is 27.7 Å². The van der Waals surface area contributed by atoms with Crippen LogP contribution in [0, 0.1) is 0 Å². The van der Waals surface area contributed by atoms with Gasteiger partial charge in [0.2, 0.25) is 0 Å². The molecule has 0 fully saturated rings. The molecule has 0 bridgehead atoms. The average Bonchev–Trinajstić information content (AvgIpc) is 3.86. The maximum Gasteiger partial charge on any atom is 0.172 e. The molecular weight excluding hydrogens is 538 g/mol. The van der Waals surface area contributed by atoms with Gasteiger partial charge in [0.25, 0.3) is 0 Å². The smallest absolute Gasteiger partial charge is 0.172 e. The highest BCUT2D eigenvalue weighted by Crippen LogP contribution is 2.31. The number of Topliss-reactive ketones (excluding diaryl/α,β-unsaturated/α-hetero) is 2. The molecule has 1 aromatic heterocycles. The highest BCUT2D eigenvalue weighted by molar-refractivity contribution is 6.21. The summed E-state index contributed by atoms with van der Waals surface area (Å²) in [5.74, 6) is 2.42. The second kappa shape index (κ2) is 12.2. The predicted octanol–water partition coefficient (Wildman–Crippen LogP) is 5.25. The second-order valence-corrected chi connectivity index (χ2v) is 9.33. The third-order valence-electron chi connectivity index (χ3n) is 6.28. The van der Waals surface area contributed by atoms with Crippen LogP contribution in [0.1, 0.15) is 45.4 Å². The first-order chi connectivity index (χ1) is 20.6. The zero-order valence-electron chi connectivity index (χ0n) is 22.2. The Morgan fingerprint density at radius 2 is 1.48 bits per heavy atom. The van der Waals surface area contributed by atoms with Gasteiger partial charge in [0, 0.05) is 52.7 Å². The molecule has 0 saturated carbocycles. The van der Waals surface area contributed by atoms with E-state index in [9.17, 15) is 9.59 Å². The number of hydrogen-bond acceptors (Lipinski definition) is 8. The van der Waals surface area contributed by atoms with E-state index >= 15 is 0 Å². The quantitative estimate of drug-likeness (QED) is 0.278. The molecular formula is C32H25N3O7. The molecule has 10 heteroatoms. The molecule has 6 rings (SSSR count). The summed E-state index contributed by atoms with van der Waals surface area (Å²) in [7, 11) is 0. The molecule has 1 aliphatic heterocycles. The minimum absolute atomic E-state index is 0.202. The van der Waals surface area contributed by atoms with Gasteiger partial charge in [-0.3, -0.25) is 14.6 Å². The van der Waals surface area contributed by atoms with Gasteiger partial charge in [0.1, 0.15) is 49.1 Å². The van der Waals surface area contributed by atoms with E-state index in [1.165, 1.54) is 43.6 Å². The fourth-order valence-corrected chi connectivity index (χ4v) is 4.09. The third kappa shape index (κ3) is 6.68. The van der Waals surface area contributed by atoms with Gasteiger partial charge in [-0.05, 0) is 23.6 Å². The normalized spacial score (nSPS) is 13.3. The Hall–Kier alpha value is -5.77. The minimum Gasteiger partial charge on any atom is -0.468 e. The van der Waals surface area contributed by atoms with Crippen molar-refractivity contribution < 1.29 is 31.7 Å². The first-order valence-corrected chi connectivity index (χ1v) is 13.1. The van der Waals surface area contributed by atoms with Gasteiger partial charge in [-0.2, -0.15) is 0 Å². The van der Waals surface area contributed by atoms with E-state index in [1.807, 2.05) is 30.3 Å². The van der Waals surface area contributed by atoms with Crippen LogP contribution < -0.4 is 10.6 Å². The topological polar surface area (TPSA) is 144 Å². The first kappa shape index (κ1) is 26.5. The molecule has 3 aliphatic carbocycles. The van der Waals surface area contributed by atoms with Crippen molar-refractivity contribution in [3.8, 4) is 0 Å². The molecule has 2 heterocycles. The number of para-hydroxylation sites is 1. The Morgan fingerprint density at radius 3 is 2.33 bits per heavy atom. The summed E-state index contributed by atoms with van der Waals surface area (Å²) in [6.45, 7) is 0. The number of fused-ring (bicyclic) bond motifs is 5. The molecule has 0 spiro atoms. The fraction of sp³-hybridized carbons (Fsp3) is 0.0938. The number of aromatic amines is 2. The molecule has 210 valence electrons. The number of ketones is 2. The van der Waals surface area contributed by atoms with Crippen molar-refractivity contribution in [2.45, 2.75) is 19.3 Å². The molecule has 2 aromatic rings. The Balaban J connectivity index is 1.52. The van der Waals surface area contributed by atoms with Crippen molar-refractivity contribution in [1.29, 1.82) is 0 Å². The largest absolute Gasteiger partial charge is 0.468 e. The molecule has 0 radical (unpaired) electrons. The molecule has 0 unspecified atom stereocenters. The Kier molecular flexibility index (Phi) is 7.67. The van der Waals surface area contributed by atoms with E-state index in [2.05, 4.69) is 15.0 Å². The molecule has 42 heavy (non-hydrogen) atoms. The van der Waals surface area contributed by atoms with Gasteiger partial charge in [0.05, 0.1) is 24.6 Å². The number of nitrogens with one attached hydrogen (secondary N) is 2. The number of benzene rings is 1. The lowest BCUT2D eigenvalue weighted by Crippen LogP contribution is -2.26. The molecule has 10 nitrogen and oxygen atoms in total. The summed E-state index contributed by atoms with van der Waals surface area (Å²) in [6.07, 6.45) is 17.3. The second-order valence-electron chi connectivity index (χ2n) is 9.33. The zero-order valence-corrected chi connectivity index (χ0v) is 22.2. The van der Waals surface area contributed by atoms with Gasteiger partial charge in [0.15, 0.2) is 23.1 Å². The van der Waals surface area contributed by atoms with Gasteiger partial charge in [-0.15, -0.1) is 0 Å². The Labute approximate surface area is 238 Å². The molecule has 0 saturated heterocycles. The van der Waals surface area contributed by atoms with Crippen LogP contribution in [0.25, 0.3) is 23.2 Å². The van der Waals surface area contributed by atoms with Crippen LogP contribution >= 0.6 is 0 Å². The van der Waals surface area contributed by atoms with Gasteiger partial charge in [-0.1, -0.05) is 18.2 Å². The van der Waals surface area contributed by atoms with Crippen molar-refractivity contribution in [3.63, 3.8) is 0 Å². The van der Waals surface area contributed by atoms with E-state index < -0.39 is 0 Å². The Morgan fingerprint density at radius 1 is 0.738 bits per heavy atom. The number of carbonyl (C=O) groups is 2. The summed E-state index contributed by atoms with van der Waals surface area (Å²) < 4.78 is 27.3. The van der Waals surface area contributed by atoms with Gasteiger partial charge in [-0.25, -0.2) is 0 Å². The van der Waals surface area contributed by atoms with E-state index in [1.54, 1.807) is 30.9 Å². The van der Waals surface area contributed by atoms with E-state index in [0.29, 0.717) is 23.8 Å². The zero-order chi connectivity index (χ0) is 28.7. The van der Waals surface area contributed by atoms with Crippen LogP contribution in [-0.2, 0) is 17.6 Å². The van der Waals surface area contributed by atoms with Crippen molar-refractivity contribution in [2.24, 2.45) is 4.99 Å². The SMILES string of the molecule is O=C1C=c2[nH]ccoccoccoc3c(oc4c(occ[nH]c5ccccc5cc5c(cc2C(=O)C1)=CN=C5)C4)C3. The first-order valence-electron chi connectivity index (χ1n) is 13.1. The lowest BCUT2D eigenvalue weighted by Gasteiger charge is -2.04. The highest BCUT2D eigenvalue weighted by Gasteiger charge is 2.27. The van der Waals surface area contributed by atoms with Crippen LogP contribution in [0.5, 0.6) is 0 Å². The molecule has 0 amide bonds. The number of rotatable bonds is 0. The lowest BCUT2D eigenvalue weighted by atomic mass is 10.0. The number of hydrogen-bond donors (Lipinski definition) is 2. The molecule has 0 atom stereocenters. The van der Waals surface area contributed by atoms with E-state index in [-0.39, 0.29) is 18.0 Å². The number of aliphatic imine (C=N–C) groups is 1. The summed E-state index contributed by atoms with van der Waals surface area (Å²) in [6, 6.07) is 11.5. The summed E-state index contributed by atoms with van der Waals surface area (Å²) in [5.41, 5.74) is 2.01. The van der Waals surface area contributed by atoms with Crippen molar-refractivity contribution in [3.05, 3.63) is 131 Å².